The van der Waals surface area contributed by atoms with Crippen LogP contribution >= 0.6 is 50.9 Å². The fraction of sp³-hybridized carbons (Fsp3) is 0. The van der Waals surface area contributed by atoms with Crippen molar-refractivity contribution in [2.45, 2.75) is 0 Å². The van der Waals surface area contributed by atoms with E-state index in [9.17, 15) is 0 Å². The Bertz CT molecular complexity index is 6.85. The first-order chi connectivity index (χ1) is 1.00. The number of hydrogen-bond donors (Lipinski definition) is 0. The molecule has 0 fully saturated rings. The summed E-state index contributed by atoms with van der Waals surface area (Å²) >= 11 is 0.194. The fourth-order valence-electron chi connectivity index (χ4n) is 0. The topological polar surface area (TPSA) is 17.1 Å². The molecule has 0 unspecified atom stereocenters. The van der Waals surface area contributed by atoms with E-state index in [1.54, 1.807) is 0 Å². The zero-order valence-electron chi connectivity index (χ0n) is 2.08. The normalized spacial score (nSPS) is 0.600. The van der Waals surface area contributed by atoms with Crippen molar-refractivity contribution >= 4 is 50.9 Å². The van der Waals surface area contributed by atoms with Gasteiger partial charge in [-0.15, -0.1) is 50.9 Å². The van der Waals surface area contributed by atoms with Crippen LogP contribution < -0.4 is 0 Å². The van der Waals surface area contributed by atoms with Gasteiger partial charge in [-0.25, -0.2) is 0 Å². The SMILES string of the molecule is Br.Br.Br.[O]=[Ta]. The van der Waals surface area contributed by atoms with Gasteiger partial charge in [-0.2, -0.15) is 0 Å². The van der Waals surface area contributed by atoms with Crippen LogP contribution in [0.3, 0.4) is 0 Å². The minimum atomic E-state index is 0. The van der Waals surface area contributed by atoms with Crippen LogP contribution in [0, 0.1) is 0 Å². The van der Waals surface area contributed by atoms with E-state index in [1.807, 2.05) is 0 Å². The first kappa shape index (κ1) is 28.1. The summed E-state index contributed by atoms with van der Waals surface area (Å²) in [6.45, 7) is 0. The first-order valence-corrected chi connectivity index (χ1v) is 1.49. The summed E-state index contributed by atoms with van der Waals surface area (Å²) in [5.41, 5.74) is 0. The Morgan fingerprint density at radius 3 is 0.800 bits per heavy atom. The molecule has 0 radical (unpaired) electrons. The minimum absolute atomic E-state index is 0. The molecule has 0 rings (SSSR count). The van der Waals surface area contributed by atoms with Crippen LogP contribution in [-0.2, 0) is 24.3 Å². The summed E-state index contributed by atoms with van der Waals surface area (Å²) in [5.74, 6) is 0. The molecule has 0 heterocycles. The molecule has 0 aliphatic carbocycles. The second kappa shape index (κ2) is 37.8. The van der Waals surface area contributed by atoms with Gasteiger partial charge in [0.25, 0.3) is 0 Å². The maximum absolute atomic E-state index is 8.36. The van der Waals surface area contributed by atoms with Crippen LogP contribution in [0.15, 0.2) is 0 Å². The van der Waals surface area contributed by atoms with Gasteiger partial charge in [0, 0.05) is 0 Å². The van der Waals surface area contributed by atoms with E-state index in [1.165, 1.54) is 0 Å². The number of rotatable bonds is 0. The Balaban J connectivity index is -0.00000000167. The molecule has 0 saturated carbocycles. The van der Waals surface area contributed by atoms with Gasteiger partial charge in [-0.1, -0.05) is 0 Å². The Kier molecular flexibility index (Phi) is 213. The van der Waals surface area contributed by atoms with Crippen molar-refractivity contribution in [3.63, 3.8) is 0 Å². The molecule has 0 saturated heterocycles. The van der Waals surface area contributed by atoms with E-state index in [4.69, 9.17) is 3.25 Å². The molecular weight excluding hydrogens is 437 g/mol. The third-order valence-electron chi connectivity index (χ3n) is 0. The molecule has 0 aromatic heterocycles. The van der Waals surface area contributed by atoms with Gasteiger partial charge >= 0.3 is 24.3 Å². The van der Waals surface area contributed by atoms with E-state index in [-0.39, 0.29) is 72.0 Å². The van der Waals surface area contributed by atoms with Gasteiger partial charge in [0.1, 0.15) is 0 Å². The quantitative estimate of drug-likeness (QED) is 0.561. The molecule has 5 heavy (non-hydrogen) atoms. The van der Waals surface area contributed by atoms with Gasteiger partial charge < -0.3 is 0 Å². The summed E-state index contributed by atoms with van der Waals surface area (Å²) in [7, 11) is 0. The Labute approximate surface area is 74.5 Å². The second-order valence-corrected chi connectivity index (χ2v) is 0. The van der Waals surface area contributed by atoms with Gasteiger partial charge in [0.2, 0.25) is 0 Å². The molecule has 0 aromatic carbocycles. The average molecular weight is 440 g/mol. The molecular formula is H3Br3OTa. The van der Waals surface area contributed by atoms with E-state index in [0.29, 0.717) is 0 Å². The summed E-state index contributed by atoms with van der Waals surface area (Å²) in [4.78, 5) is 0. The molecule has 0 amide bonds. The van der Waals surface area contributed by atoms with Crippen LogP contribution in [0.25, 0.3) is 0 Å². The number of hydrogen-bond acceptors (Lipinski definition) is 1. The number of halogens is 3. The molecule has 0 atom stereocenters. The van der Waals surface area contributed by atoms with Crippen molar-refractivity contribution in [1.82, 2.24) is 0 Å². The second-order valence-electron chi connectivity index (χ2n) is 0. The van der Waals surface area contributed by atoms with Crippen molar-refractivity contribution in [2.75, 3.05) is 0 Å². The molecule has 0 aliphatic heterocycles. The van der Waals surface area contributed by atoms with E-state index in [0.717, 1.165) is 0 Å². The van der Waals surface area contributed by atoms with Gasteiger partial charge in [-0.3, -0.25) is 0 Å². The van der Waals surface area contributed by atoms with E-state index >= 15 is 0 Å². The molecule has 5 heteroatoms. The van der Waals surface area contributed by atoms with E-state index < -0.39 is 0 Å². The summed E-state index contributed by atoms with van der Waals surface area (Å²) in [6, 6.07) is 0. The van der Waals surface area contributed by atoms with Crippen LogP contribution in [-0.4, -0.2) is 0 Å². The van der Waals surface area contributed by atoms with Crippen molar-refractivity contribution in [3.8, 4) is 0 Å². The van der Waals surface area contributed by atoms with Crippen LogP contribution in [0.2, 0.25) is 0 Å². The third-order valence-corrected chi connectivity index (χ3v) is 0. The molecule has 0 aliphatic rings. The van der Waals surface area contributed by atoms with Gasteiger partial charge in [0.05, 0.1) is 0 Å². The fourth-order valence-corrected chi connectivity index (χ4v) is 0. The third kappa shape index (κ3) is 24.2. The summed E-state index contributed by atoms with van der Waals surface area (Å²) in [5, 5.41) is 0. The molecule has 1 nitrogen and oxygen atoms in total. The Hall–Kier alpha value is 1.98. The molecule has 35 valence electrons. The van der Waals surface area contributed by atoms with E-state index in [2.05, 4.69) is 0 Å². The summed E-state index contributed by atoms with van der Waals surface area (Å²) < 4.78 is 8.36. The standard InChI is InChI=1S/3BrH.O.Ta/h3*1H;;. The Morgan fingerprint density at radius 1 is 0.800 bits per heavy atom. The first-order valence-electron chi connectivity index (χ1n) is 0.183. The van der Waals surface area contributed by atoms with Crippen LogP contribution in [0.4, 0.5) is 0 Å². The molecule has 0 bridgehead atoms. The van der Waals surface area contributed by atoms with Crippen molar-refractivity contribution < 1.29 is 24.3 Å². The predicted octanol–water partition coefficient (Wildman–Crippen LogP) is 1.61. The molecule has 0 aromatic rings. The van der Waals surface area contributed by atoms with Crippen LogP contribution in [0.1, 0.15) is 0 Å². The van der Waals surface area contributed by atoms with Gasteiger partial charge in [-0.05, 0) is 0 Å². The van der Waals surface area contributed by atoms with Crippen molar-refractivity contribution in [1.29, 1.82) is 0 Å². The van der Waals surface area contributed by atoms with Gasteiger partial charge in [0.15, 0.2) is 0 Å². The maximum atomic E-state index is 8.36. The van der Waals surface area contributed by atoms with Crippen LogP contribution in [0.5, 0.6) is 0 Å². The zero-order valence-corrected chi connectivity index (χ0v) is 10.4. The molecule has 0 spiro atoms. The zero-order chi connectivity index (χ0) is 2.00. The van der Waals surface area contributed by atoms with Crippen molar-refractivity contribution in [3.05, 3.63) is 0 Å². The monoisotopic (exact) mass is 437 g/mol. The predicted molar refractivity (Wildman–Crippen MR) is 31.7 cm³/mol. The van der Waals surface area contributed by atoms with Crippen molar-refractivity contribution in [2.24, 2.45) is 0 Å². The molecule has 0 N–H and O–H groups in total. The average Bonchev–Trinajstić information content (AvgIpc) is 1.00. The Morgan fingerprint density at radius 2 is 0.800 bits per heavy atom. The summed E-state index contributed by atoms with van der Waals surface area (Å²) in [6.07, 6.45) is 0.